The normalized spacial score (nSPS) is 56.2. The predicted molar refractivity (Wildman–Crippen MR) is 88.4 cm³/mol. The fourth-order valence-electron chi connectivity index (χ4n) is 8.12. The van der Waals surface area contributed by atoms with Crippen molar-refractivity contribution in [1.29, 1.82) is 0 Å². The number of esters is 1. The van der Waals surface area contributed by atoms with Crippen LogP contribution in [0.3, 0.4) is 0 Å². The summed E-state index contributed by atoms with van der Waals surface area (Å²) >= 11 is 0. The molecule has 136 valence electrons. The molecule has 4 aliphatic carbocycles. The average molecular weight is 346 g/mol. The highest BCUT2D eigenvalue weighted by atomic mass is 16.5. The van der Waals surface area contributed by atoms with Crippen molar-refractivity contribution in [1.82, 2.24) is 0 Å². The second-order valence-electron chi connectivity index (χ2n) is 9.54. The predicted octanol–water partition coefficient (Wildman–Crippen LogP) is 2.38. The van der Waals surface area contributed by atoms with E-state index in [4.69, 9.17) is 4.74 Å². The lowest BCUT2D eigenvalue weighted by molar-refractivity contribution is -0.220. The molecule has 5 fully saturated rings. The van der Waals surface area contributed by atoms with Crippen molar-refractivity contribution in [2.24, 2.45) is 39.9 Å². The number of ether oxygens (including phenoxy) is 1. The number of hydrogen-bond donors (Lipinski definition) is 2. The summed E-state index contributed by atoms with van der Waals surface area (Å²) in [5.41, 5.74) is -0.516. The number of allylic oxidation sites excluding steroid dienone is 1. The number of cyclic esters (lactones) is 1. The molecule has 1 saturated heterocycles. The molecule has 2 N–H and O–H groups in total. The monoisotopic (exact) mass is 346 g/mol. The summed E-state index contributed by atoms with van der Waals surface area (Å²) < 4.78 is 5.62. The molecule has 0 aromatic carbocycles. The molecule has 0 aromatic rings. The number of rotatable bonds is 1. The summed E-state index contributed by atoms with van der Waals surface area (Å²) in [6.07, 6.45) is 4.20. The highest BCUT2D eigenvalue weighted by Gasteiger charge is 2.79. The van der Waals surface area contributed by atoms with Gasteiger partial charge in [0, 0.05) is 11.3 Å². The topological polar surface area (TPSA) is 83.8 Å². The standard InChI is InChI=1S/C20H26O5/c1-10-7-20-8-11(10)3-4-12(20)19-6-5-13(21)18(2,17(24)25-9-19)15(19)14(20)16(22)23/h11-15,21H,1,3-9H2,2H3,(H,22,23)/t11-,12+,13+,14-,15-,18-,19-,20+/m1/s1. The fourth-order valence-corrected chi connectivity index (χ4v) is 8.12. The quantitative estimate of drug-likeness (QED) is 0.563. The summed E-state index contributed by atoms with van der Waals surface area (Å²) in [7, 11) is 0. The summed E-state index contributed by atoms with van der Waals surface area (Å²) in [6, 6.07) is 0. The Bertz CT molecular complexity index is 700. The molecule has 4 bridgehead atoms. The number of carboxylic acids is 1. The molecule has 5 aliphatic rings. The van der Waals surface area contributed by atoms with Gasteiger partial charge in [-0.15, -0.1) is 0 Å². The molecule has 1 aliphatic heterocycles. The number of fused-ring (bicyclic) bond motifs is 1. The van der Waals surface area contributed by atoms with E-state index in [1.54, 1.807) is 6.92 Å². The summed E-state index contributed by atoms with van der Waals surface area (Å²) in [5, 5.41) is 21.0. The Morgan fingerprint density at radius 1 is 1.28 bits per heavy atom. The fraction of sp³-hybridized carbons (Fsp3) is 0.800. The van der Waals surface area contributed by atoms with E-state index < -0.39 is 29.4 Å². The van der Waals surface area contributed by atoms with Crippen molar-refractivity contribution in [2.45, 2.75) is 51.6 Å². The minimum absolute atomic E-state index is 0.251. The molecule has 5 rings (SSSR count). The summed E-state index contributed by atoms with van der Waals surface area (Å²) in [5.74, 6) is -1.47. The molecule has 1 spiro atoms. The van der Waals surface area contributed by atoms with Crippen LogP contribution in [0.25, 0.3) is 0 Å². The number of carboxylic acid groups (broad SMARTS) is 1. The van der Waals surface area contributed by atoms with Crippen LogP contribution < -0.4 is 0 Å². The maximum atomic E-state index is 12.7. The average Bonchev–Trinajstić information content (AvgIpc) is 2.97. The molecule has 0 aromatic heterocycles. The van der Waals surface area contributed by atoms with Crippen LogP contribution in [0.2, 0.25) is 0 Å². The zero-order valence-electron chi connectivity index (χ0n) is 14.7. The number of hydrogen-bond acceptors (Lipinski definition) is 4. The minimum atomic E-state index is -1.11. The van der Waals surface area contributed by atoms with Gasteiger partial charge in [0.2, 0.25) is 0 Å². The van der Waals surface area contributed by atoms with Crippen LogP contribution in [0, 0.1) is 39.9 Å². The molecular weight excluding hydrogens is 320 g/mol. The Hall–Kier alpha value is -1.36. The molecule has 4 saturated carbocycles. The van der Waals surface area contributed by atoms with Crippen molar-refractivity contribution in [3.63, 3.8) is 0 Å². The van der Waals surface area contributed by atoms with E-state index in [9.17, 15) is 19.8 Å². The second-order valence-corrected chi connectivity index (χ2v) is 9.54. The van der Waals surface area contributed by atoms with Gasteiger partial charge in [-0.3, -0.25) is 9.59 Å². The first-order valence-electron chi connectivity index (χ1n) is 9.53. The molecule has 1 heterocycles. The van der Waals surface area contributed by atoms with E-state index in [0.717, 1.165) is 32.1 Å². The van der Waals surface area contributed by atoms with E-state index in [1.807, 2.05) is 0 Å². The van der Waals surface area contributed by atoms with Gasteiger partial charge in [-0.25, -0.2) is 0 Å². The summed E-state index contributed by atoms with van der Waals surface area (Å²) in [4.78, 5) is 25.2. The van der Waals surface area contributed by atoms with Gasteiger partial charge in [0.05, 0.1) is 24.0 Å². The Kier molecular flexibility index (Phi) is 2.84. The van der Waals surface area contributed by atoms with Gasteiger partial charge >= 0.3 is 11.9 Å². The smallest absolute Gasteiger partial charge is 0.314 e. The minimum Gasteiger partial charge on any atom is -0.481 e. The van der Waals surface area contributed by atoms with Crippen LogP contribution in [0.5, 0.6) is 0 Å². The Morgan fingerprint density at radius 2 is 2.04 bits per heavy atom. The molecule has 0 amide bonds. The van der Waals surface area contributed by atoms with Crippen LogP contribution in [-0.4, -0.2) is 34.9 Å². The van der Waals surface area contributed by atoms with Gasteiger partial charge < -0.3 is 14.9 Å². The third-order valence-electron chi connectivity index (χ3n) is 8.92. The third-order valence-corrected chi connectivity index (χ3v) is 8.92. The van der Waals surface area contributed by atoms with Crippen molar-refractivity contribution >= 4 is 11.9 Å². The first kappa shape index (κ1) is 15.9. The van der Waals surface area contributed by atoms with Crippen LogP contribution in [0.4, 0.5) is 0 Å². The van der Waals surface area contributed by atoms with Crippen LogP contribution in [0.15, 0.2) is 12.2 Å². The molecule has 5 heteroatoms. The van der Waals surface area contributed by atoms with Crippen LogP contribution in [-0.2, 0) is 14.3 Å². The van der Waals surface area contributed by atoms with Crippen molar-refractivity contribution in [3.05, 3.63) is 12.2 Å². The largest absolute Gasteiger partial charge is 0.481 e. The maximum Gasteiger partial charge on any atom is 0.314 e. The number of aliphatic carboxylic acids is 1. The molecular formula is C20H26O5. The van der Waals surface area contributed by atoms with Gasteiger partial charge in [-0.05, 0) is 62.7 Å². The van der Waals surface area contributed by atoms with Crippen LogP contribution in [0.1, 0.15) is 45.4 Å². The lowest BCUT2D eigenvalue weighted by atomic mass is 9.50. The first-order valence-corrected chi connectivity index (χ1v) is 9.53. The third kappa shape index (κ3) is 1.52. The molecule has 25 heavy (non-hydrogen) atoms. The van der Waals surface area contributed by atoms with E-state index in [2.05, 4.69) is 6.58 Å². The van der Waals surface area contributed by atoms with Gasteiger partial charge in [0.1, 0.15) is 0 Å². The summed E-state index contributed by atoms with van der Waals surface area (Å²) in [6.45, 7) is 6.33. The lowest BCUT2D eigenvalue weighted by Crippen LogP contribution is -2.63. The highest BCUT2D eigenvalue weighted by Crippen LogP contribution is 2.78. The maximum absolute atomic E-state index is 12.7. The van der Waals surface area contributed by atoms with Gasteiger partial charge in [-0.2, -0.15) is 0 Å². The van der Waals surface area contributed by atoms with Gasteiger partial charge in [0.25, 0.3) is 0 Å². The Labute approximate surface area is 147 Å². The molecule has 0 radical (unpaired) electrons. The molecule has 0 unspecified atom stereocenters. The lowest BCUT2D eigenvalue weighted by Gasteiger charge is -2.57. The van der Waals surface area contributed by atoms with Gasteiger partial charge in [-0.1, -0.05) is 12.2 Å². The second kappa shape index (κ2) is 4.48. The Balaban J connectivity index is 1.76. The first-order chi connectivity index (χ1) is 11.8. The molecule has 8 atom stereocenters. The van der Waals surface area contributed by atoms with Crippen molar-refractivity contribution in [2.75, 3.05) is 6.61 Å². The van der Waals surface area contributed by atoms with E-state index in [-0.39, 0.29) is 22.7 Å². The van der Waals surface area contributed by atoms with Crippen LogP contribution >= 0.6 is 0 Å². The van der Waals surface area contributed by atoms with E-state index in [0.29, 0.717) is 18.9 Å². The van der Waals surface area contributed by atoms with Crippen molar-refractivity contribution < 1.29 is 24.5 Å². The number of aliphatic hydroxyl groups is 1. The number of carbonyl (C=O) groups excluding carboxylic acids is 1. The SMILES string of the molecule is C=C1C[C@]23C[C@H]1CC[C@H]2[C@@]12CC[C@H](O)[C@@](C)(C(=O)OC1)[C@H]2[C@@H]3C(=O)O. The zero-order chi connectivity index (χ0) is 17.8. The van der Waals surface area contributed by atoms with Crippen molar-refractivity contribution in [3.8, 4) is 0 Å². The Morgan fingerprint density at radius 3 is 2.76 bits per heavy atom. The highest BCUT2D eigenvalue weighted by molar-refractivity contribution is 5.82. The number of aliphatic hydroxyl groups excluding tert-OH is 1. The van der Waals surface area contributed by atoms with Gasteiger partial charge in [0.15, 0.2) is 0 Å². The zero-order valence-corrected chi connectivity index (χ0v) is 14.7. The molecule has 5 nitrogen and oxygen atoms in total. The van der Waals surface area contributed by atoms with E-state index in [1.165, 1.54) is 5.57 Å². The van der Waals surface area contributed by atoms with E-state index >= 15 is 0 Å². The number of carbonyl (C=O) groups is 2.